The molecule has 0 unspecified atom stereocenters. The molecule has 1 aliphatic heterocycles. The van der Waals surface area contributed by atoms with E-state index in [1.807, 2.05) is 12.4 Å². The molecule has 15 heavy (non-hydrogen) atoms. The molecule has 82 valence electrons. The second-order valence-electron chi connectivity index (χ2n) is 4.17. The van der Waals surface area contributed by atoms with Crippen LogP contribution in [0.4, 0.5) is 0 Å². The van der Waals surface area contributed by atoms with Gasteiger partial charge in [0.2, 0.25) is 0 Å². The topological polar surface area (TPSA) is 25.2 Å². The Hall–Kier alpha value is -1.09. The van der Waals surface area contributed by atoms with Crippen LogP contribution in [-0.2, 0) is 6.54 Å². The molecule has 2 rings (SSSR count). The summed E-state index contributed by atoms with van der Waals surface area (Å²) in [5.41, 5.74) is 0.0872. The van der Waals surface area contributed by atoms with Crippen molar-refractivity contribution >= 4 is 0 Å². The van der Waals surface area contributed by atoms with Crippen LogP contribution in [-0.4, -0.2) is 29.1 Å². The van der Waals surface area contributed by atoms with E-state index in [4.69, 9.17) is 0 Å². The Morgan fingerprint density at radius 3 is 2.33 bits per heavy atom. The Morgan fingerprint density at radius 2 is 1.67 bits per heavy atom. The van der Waals surface area contributed by atoms with Gasteiger partial charge in [0.25, 0.3) is 0 Å². The number of aromatic nitrogens is 1. The van der Waals surface area contributed by atoms with Gasteiger partial charge in [-0.15, -0.1) is 0 Å². The average molecular weight is 206 g/mol. The summed E-state index contributed by atoms with van der Waals surface area (Å²) < 4.78 is 2.08. The summed E-state index contributed by atoms with van der Waals surface area (Å²) in [6, 6.07) is 3.24. The summed E-state index contributed by atoms with van der Waals surface area (Å²) in [5, 5.41) is 0. The van der Waals surface area contributed by atoms with Crippen LogP contribution in [0.3, 0.4) is 0 Å². The lowest BCUT2D eigenvalue weighted by Gasteiger charge is -2.26. The Morgan fingerprint density at radius 1 is 1.00 bits per heavy atom. The number of piperidine rings is 1. The van der Waals surface area contributed by atoms with Crippen molar-refractivity contribution < 1.29 is 0 Å². The number of likely N-dealkylation sites (tertiary alicyclic amines) is 1. The number of rotatable bonds is 3. The highest BCUT2D eigenvalue weighted by atomic mass is 16.1. The molecule has 0 atom stereocenters. The standard InChI is InChI=1S/C12H18N2O/c15-12-4-8-14(9-5-12)11-10-13-6-2-1-3-7-13/h4-5,8-9H,1-3,6-7,10-11H2. The van der Waals surface area contributed by atoms with E-state index >= 15 is 0 Å². The van der Waals surface area contributed by atoms with Gasteiger partial charge in [-0.05, 0) is 25.9 Å². The van der Waals surface area contributed by atoms with E-state index in [0.717, 1.165) is 13.1 Å². The van der Waals surface area contributed by atoms with Crippen LogP contribution < -0.4 is 5.43 Å². The van der Waals surface area contributed by atoms with Crippen LogP contribution >= 0.6 is 0 Å². The lowest BCUT2D eigenvalue weighted by Crippen LogP contribution is -2.32. The van der Waals surface area contributed by atoms with Crippen molar-refractivity contribution in [2.45, 2.75) is 25.8 Å². The molecule has 1 saturated heterocycles. The summed E-state index contributed by atoms with van der Waals surface area (Å²) in [6.07, 6.45) is 7.79. The molecule has 0 bridgehead atoms. The van der Waals surface area contributed by atoms with Crippen molar-refractivity contribution in [2.75, 3.05) is 19.6 Å². The molecule has 0 saturated carbocycles. The van der Waals surface area contributed by atoms with Crippen LogP contribution in [0.15, 0.2) is 29.3 Å². The van der Waals surface area contributed by atoms with Gasteiger partial charge in [0.15, 0.2) is 5.43 Å². The number of nitrogens with zero attached hydrogens (tertiary/aromatic N) is 2. The lowest BCUT2D eigenvalue weighted by atomic mass is 10.1. The second kappa shape index (κ2) is 5.12. The molecule has 3 heteroatoms. The molecule has 0 N–H and O–H groups in total. The van der Waals surface area contributed by atoms with Gasteiger partial charge in [0.1, 0.15) is 0 Å². The van der Waals surface area contributed by atoms with E-state index in [2.05, 4.69) is 9.47 Å². The first kappa shape index (κ1) is 10.4. The van der Waals surface area contributed by atoms with Crippen LogP contribution in [0.2, 0.25) is 0 Å². The molecule has 0 radical (unpaired) electrons. The van der Waals surface area contributed by atoms with E-state index in [-0.39, 0.29) is 5.43 Å². The molecule has 1 fully saturated rings. The summed E-state index contributed by atoms with van der Waals surface area (Å²) in [7, 11) is 0. The van der Waals surface area contributed by atoms with E-state index < -0.39 is 0 Å². The maximum atomic E-state index is 10.9. The van der Waals surface area contributed by atoms with E-state index in [1.165, 1.54) is 32.4 Å². The van der Waals surface area contributed by atoms with Crippen LogP contribution in [0.25, 0.3) is 0 Å². The highest BCUT2D eigenvalue weighted by Crippen LogP contribution is 2.07. The Bertz CT molecular complexity index is 332. The third-order valence-corrected chi connectivity index (χ3v) is 2.98. The molecule has 0 spiro atoms. The van der Waals surface area contributed by atoms with Crippen molar-refractivity contribution in [1.82, 2.24) is 9.47 Å². The zero-order valence-electron chi connectivity index (χ0n) is 9.06. The number of hydrogen-bond acceptors (Lipinski definition) is 2. The minimum atomic E-state index is 0.0872. The highest BCUT2D eigenvalue weighted by Gasteiger charge is 2.08. The quantitative estimate of drug-likeness (QED) is 0.745. The monoisotopic (exact) mass is 206 g/mol. The molecular weight excluding hydrogens is 188 g/mol. The fourth-order valence-electron chi connectivity index (χ4n) is 2.03. The van der Waals surface area contributed by atoms with Gasteiger partial charge in [-0.3, -0.25) is 4.79 Å². The Labute approximate surface area is 90.3 Å². The minimum absolute atomic E-state index is 0.0872. The molecule has 0 amide bonds. The van der Waals surface area contributed by atoms with Gasteiger partial charge < -0.3 is 9.47 Å². The summed E-state index contributed by atoms with van der Waals surface area (Å²) in [6.45, 7) is 4.56. The predicted molar refractivity (Wildman–Crippen MR) is 61.0 cm³/mol. The van der Waals surface area contributed by atoms with Crippen molar-refractivity contribution in [2.24, 2.45) is 0 Å². The molecule has 1 aliphatic rings. The molecule has 0 aliphatic carbocycles. The summed E-state index contributed by atoms with van der Waals surface area (Å²) in [5.74, 6) is 0. The third-order valence-electron chi connectivity index (χ3n) is 2.98. The zero-order valence-corrected chi connectivity index (χ0v) is 9.06. The predicted octanol–water partition coefficient (Wildman–Crippen LogP) is 1.33. The molecule has 1 aromatic heterocycles. The first-order chi connectivity index (χ1) is 7.34. The minimum Gasteiger partial charge on any atom is -0.353 e. The maximum absolute atomic E-state index is 10.9. The fourth-order valence-corrected chi connectivity index (χ4v) is 2.03. The first-order valence-electron chi connectivity index (χ1n) is 5.73. The first-order valence-corrected chi connectivity index (χ1v) is 5.73. The number of hydrogen-bond donors (Lipinski definition) is 0. The molecular formula is C12H18N2O. The van der Waals surface area contributed by atoms with Crippen molar-refractivity contribution in [3.8, 4) is 0 Å². The van der Waals surface area contributed by atoms with Crippen LogP contribution in [0.5, 0.6) is 0 Å². The lowest BCUT2D eigenvalue weighted by molar-refractivity contribution is 0.220. The molecule has 3 nitrogen and oxygen atoms in total. The van der Waals surface area contributed by atoms with Crippen molar-refractivity contribution in [1.29, 1.82) is 0 Å². The average Bonchev–Trinajstić information content (AvgIpc) is 2.30. The maximum Gasteiger partial charge on any atom is 0.181 e. The van der Waals surface area contributed by atoms with Gasteiger partial charge >= 0.3 is 0 Å². The van der Waals surface area contributed by atoms with Crippen LogP contribution in [0, 0.1) is 0 Å². The van der Waals surface area contributed by atoms with E-state index in [0.29, 0.717) is 0 Å². The largest absolute Gasteiger partial charge is 0.353 e. The third kappa shape index (κ3) is 3.20. The van der Waals surface area contributed by atoms with Gasteiger partial charge in [0.05, 0.1) is 0 Å². The molecule has 0 aromatic carbocycles. The molecule has 1 aromatic rings. The zero-order chi connectivity index (χ0) is 10.5. The Kier molecular flexibility index (Phi) is 3.56. The summed E-state index contributed by atoms with van der Waals surface area (Å²) in [4.78, 5) is 13.4. The second-order valence-corrected chi connectivity index (χ2v) is 4.17. The van der Waals surface area contributed by atoms with Crippen molar-refractivity contribution in [3.63, 3.8) is 0 Å². The van der Waals surface area contributed by atoms with Crippen molar-refractivity contribution in [3.05, 3.63) is 34.7 Å². The number of pyridine rings is 1. The Balaban J connectivity index is 1.81. The molecule has 2 heterocycles. The van der Waals surface area contributed by atoms with E-state index in [9.17, 15) is 4.79 Å². The normalized spacial score (nSPS) is 17.9. The highest BCUT2D eigenvalue weighted by molar-refractivity contribution is 4.93. The van der Waals surface area contributed by atoms with E-state index in [1.54, 1.807) is 12.1 Å². The fraction of sp³-hybridized carbons (Fsp3) is 0.583. The summed E-state index contributed by atoms with van der Waals surface area (Å²) >= 11 is 0. The van der Waals surface area contributed by atoms with Crippen LogP contribution in [0.1, 0.15) is 19.3 Å². The van der Waals surface area contributed by atoms with Gasteiger partial charge in [0, 0.05) is 37.6 Å². The van der Waals surface area contributed by atoms with Gasteiger partial charge in [-0.1, -0.05) is 6.42 Å². The smallest absolute Gasteiger partial charge is 0.181 e. The van der Waals surface area contributed by atoms with Gasteiger partial charge in [-0.2, -0.15) is 0 Å². The SMILES string of the molecule is O=c1ccn(CCN2CCCCC2)cc1. The van der Waals surface area contributed by atoms with Gasteiger partial charge in [-0.25, -0.2) is 0 Å².